The van der Waals surface area contributed by atoms with Gasteiger partial charge in [-0.2, -0.15) is 0 Å². The summed E-state index contributed by atoms with van der Waals surface area (Å²) in [6.07, 6.45) is 70.7. The van der Waals surface area contributed by atoms with Crippen LogP contribution in [0.15, 0.2) is 30.3 Å². The lowest BCUT2D eigenvalue weighted by molar-refractivity contribution is -0.137. The Morgan fingerprint density at radius 1 is 0.266 bits per heavy atom. The topological polar surface area (TPSA) is 63.6 Å². The van der Waals surface area contributed by atoms with Crippen molar-refractivity contribution < 1.29 is 19.4 Å². The molecule has 0 heterocycles. The Kier molecular flexibility index (Phi) is 49.0. The summed E-state index contributed by atoms with van der Waals surface area (Å²) in [6.45, 7) is 0. The first-order valence-corrected chi connectivity index (χ1v) is 29.2. The largest absolute Gasteiger partial charge is 0.481 e. The number of para-hydroxylation sites is 1. The number of unbranched alkanes of at least 4 members (excludes halogenated alkanes) is 49. The zero-order valence-electron chi connectivity index (χ0n) is 42.8. The zero-order chi connectivity index (χ0) is 45.7. The second kappa shape index (κ2) is 52.1. The van der Waals surface area contributed by atoms with Gasteiger partial charge in [-0.1, -0.05) is 326 Å². The summed E-state index contributed by atoms with van der Waals surface area (Å²) in [5, 5.41) is 8.68. The number of hydrogen-bond acceptors (Lipinski definition) is 3. The van der Waals surface area contributed by atoms with Crippen molar-refractivity contribution in [2.24, 2.45) is 0 Å². The molecule has 64 heavy (non-hydrogen) atoms. The number of carbonyl (C=O) groups is 2. The highest BCUT2D eigenvalue weighted by atomic mass is 16.5. The lowest BCUT2D eigenvalue weighted by atomic mass is 10.0. The van der Waals surface area contributed by atoms with Crippen LogP contribution in [0.1, 0.15) is 334 Å². The van der Waals surface area contributed by atoms with E-state index in [1.165, 1.54) is 295 Å². The van der Waals surface area contributed by atoms with Gasteiger partial charge in [0.2, 0.25) is 0 Å². The van der Waals surface area contributed by atoms with E-state index in [-0.39, 0.29) is 5.97 Å². The SMILES string of the molecule is O=C(O)CCCCCCCCCCCCCCCCCCCCCCCCCCCCCCCCCCCCCCCCCCCCCCCCCCCCC(=O)Oc1ccccc1. The fourth-order valence-electron chi connectivity index (χ4n) is 9.70. The van der Waals surface area contributed by atoms with Crippen LogP contribution in [0.2, 0.25) is 0 Å². The first-order valence-electron chi connectivity index (χ1n) is 29.2. The molecule has 1 aromatic carbocycles. The molecule has 0 bridgehead atoms. The molecule has 0 radical (unpaired) electrons. The normalized spacial score (nSPS) is 11.4. The quantitative estimate of drug-likeness (QED) is 0.0402. The summed E-state index contributed by atoms with van der Waals surface area (Å²) in [4.78, 5) is 22.4. The van der Waals surface area contributed by atoms with Crippen LogP contribution in [-0.2, 0) is 9.59 Å². The van der Waals surface area contributed by atoms with Gasteiger partial charge in [0.25, 0.3) is 0 Å². The number of esters is 1. The Morgan fingerprint density at radius 3 is 0.625 bits per heavy atom. The van der Waals surface area contributed by atoms with Crippen molar-refractivity contribution in [3.63, 3.8) is 0 Å². The lowest BCUT2D eigenvalue weighted by Gasteiger charge is -2.05. The van der Waals surface area contributed by atoms with Crippen molar-refractivity contribution in [3.05, 3.63) is 30.3 Å². The highest BCUT2D eigenvalue weighted by Gasteiger charge is 2.05. The van der Waals surface area contributed by atoms with Gasteiger partial charge in [0.15, 0.2) is 0 Å². The summed E-state index contributed by atoms with van der Waals surface area (Å²) in [5.41, 5.74) is 0. The Balaban J connectivity index is 1.60. The minimum absolute atomic E-state index is 0.101. The van der Waals surface area contributed by atoms with Crippen molar-refractivity contribution >= 4 is 11.9 Å². The Morgan fingerprint density at radius 2 is 0.438 bits per heavy atom. The number of hydrogen-bond donors (Lipinski definition) is 1. The minimum atomic E-state index is -0.648. The first-order chi connectivity index (χ1) is 31.7. The zero-order valence-corrected chi connectivity index (χ0v) is 42.8. The average Bonchev–Trinajstić information content (AvgIpc) is 3.29. The molecule has 0 saturated carbocycles. The van der Waals surface area contributed by atoms with Crippen LogP contribution < -0.4 is 4.74 Å². The number of carboxylic acids is 1. The van der Waals surface area contributed by atoms with Gasteiger partial charge in [-0.3, -0.25) is 9.59 Å². The molecule has 0 aromatic heterocycles. The molecule has 0 aliphatic heterocycles. The van der Waals surface area contributed by atoms with Crippen LogP contribution in [0.25, 0.3) is 0 Å². The third-order valence-corrected chi connectivity index (χ3v) is 14.0. The van der Waals surface area contributed by atoms with Crippen LogP contribution >= 0.6 is 0 Å². The van der Waals surface area contributed by atoms with E-state index >= 15 is 0 Å². The van der Waals surface area contributed by atoms with Crippen LogP contribution in [0.3, 0.4) is 0 Å². The molecule has 4 heteroatoms. The molecule has 1 N–H and O–H groups in total. The van der Waals surface area contributed by atoms with E-state index in [1.54, 1.807) is 0 Å². The molecule has 0 amide bonds. The fourth-order valence-corrected chi connectivity index (χ4v) is 9.70. The summed E-state index contributed by atoms with van der Waals surface area (Å²) < 4.78 is 5.36. The van der Waals surface area contributed by atoms with Crippen molar-refractivity contribution in [2.75, 3.05) is 0 Å². The number of benzene rings is 1. The summed E-state index contributed by atoms with van der Waals surface area (Å²) in [5.74, 6) is -0.0952. The molecule has 374 valence electrons. The number of rotatable bonds is 54. The molecule has 0 saturated heterocycles. The highest BCUT2D eigenvalue weighted by molar-refractivity contribution is 5.72. The maximum Gasteiger partial charge on any atom is 0.311 e. The molecule has 4 nitrogen and oxygen atoms in total. The van der Waals surface area contributed by atoms with E-state index in [1.807, 2.05) is 30.3 Å². The number of carbonyl (C=O) groups excluding carboxylic acids is 1. The number of carboxylic acid groups (broad SMARTS) is 1. The van der Waals surface area contributed by atoms with Gasteiger partial charge in [0.1, 0.15) is 5.75 Å². The number of ether oxygens (including phenoxy) is 1. The van der Waals surface area contributed by atoms with E-state index in [2.05, 4.69) is 0 Å². The lowest BCUT2D eigenvalue weighted by Crippen LogP contribution is -2.07. The van der Waals surface area contributed by atoms with E-state index in [9.17, 15) is 9.59 Å². The van der Waals surface area contributed by atoms with Crippen molar-refractivity contribution in [3.8, 4) is 5.75 Å². The molecule has 0 spiro atoms. The maximum atomic E-state index is 11.9. The second-order valence-corrected chi connectivity index (χ2v) is 20.4. The third kappa shape index (κ3) is 49.6. The Bertz CT molecular complexity index is 1050. The minimum Gasteiger partial charge on any atom is -0.481 e. The van der Waals surface area contributed by atoms with E-state index < -0.39 is 5.97 Å². The van der Waals surface area contributed by atoms with Crippen molar-refractivity contribution in [1.29, 1.82) is 0 Å². The molecule has 0 atom stereocenters. The van der Waals surface area contributed by atoms with E-state index in [0.717, 1.165) is 25.7 Å². The van der Waals surface area contributed by atoms with Gasteiger partial charge in [-0.15, -0.1) is 0 Å². The molecule has 0 unspecified atom stereocenters. The van der Waals surface area contributed by atoms with E-state index in [0.29, 0.717) is 18.6 Å². The van der Waals surface area contributed by atoms with Gasteiger partial charge in [0.05, 0.1) is 0 Å². The fraction of sp³-hybridized carbons (Fsp3) is 0.867. The van der Waals surface area contributed by atoms with Crippen LogP contribution in [-0.4, -0.2) is 17.0 Å². The molecule has 0 aliphatic carbocycles. The summed E-state index contributed by atoms with van der Waals surface area (Å²) in [7, 11) is 0. The first kappa shape index (κ1) is 60.2. The maximum absolute atomic E-state index is 11.9. The molecule has 1 aromatic rings. The van der Waals surface area contributed by atoms with Gasteiger partial charge in [-0.05, 0) is 25.0 Å². The summed E-state index contributed by atoms with van der Waals surface area (Å²) in [6, 6.07) is 9.40. The van der Waals surface area contributed by atoms with E-state index in [4.69, 9.17) is 9.84 Å². The Labute approximate surface area is 399 Å². The molecule has 1 rings (SSSR count). The van der Waals surface area contributed by atoms with Gasteiger partial charge in [-0.25, -0.2) is 0 Å². The van der Waals surface area contributed by atoms with Crippen molar-refractivity contribution in [1.82, 2.24) is 0 Å². The predicted molar refractivity (Wildman–Crippen MR) is 280 cm³/mol. The van der Waals surface area contributed by atoms with Crippen LogP contribution in [0.5, 0.6) is 5.75 Å². The summed E-state index contributed by atoms with van der Waals surface area (Å²) >= 11 is 0. The average molecular weight is 896 g/mol. The second-order valence-electron chi connectivity index (χ2n) is 20.4. The third-order valence-electron chi connectivity index (χ3n) is 14.0. The Hall–Kier alpha value is -1.84. The van der Waals surface area contributed by atoms with Gasteiger partial charge < -0.3 is 9.84 Å². The molecule has 0 fully saturated rings. The number of aliphatic carboxylic acids is 1. The smallest absolute Gasteiger partial charge is 0.311 e. The monoisotopic (exact) mass is 895 g/mol. The molecular formula is C60H110O4. The van der Waals surface area contributed by atoms with Crippen LogP contribution in [0, 0.1) is 0 Å². The van der Waals surface area contributed by atoms with Gasteiger partial charge in [0, 0.05) is 12.8 Å². The van der Waals surface area contributed by atoms with Crippen molar-refractivity contribution in [2.45, 2.75) is 334 Å². The predicted octanol–water partition coefficient (Wildman–Crippen LogP) is 21.0. The standard InChI is InChI=1S/C60H110O4/c61-59(62)56-52-47-45-43-41-39-37-35-33-31-29-27-25-23-21-19-17-15-13-11-9-7-5-3-1-2-4-6-8-10-12-14-16-18-20-22-24-26-28-30-32-34-36-38-40-42-44-46-48-53-57-60(63)64-58-54-50-49-51-55-58/h49-51,54-55H,1-48,52-53,56-57H2,(H,61,62). The van der Waals surface area contributed by atoms with Crippen LogP contribution in [0.4, 0.5) is 0 Å². The van der Waals surface area contributed by atoms with Gasteiger partial charge >= 0.3 is 11.9 Å². The molecule has 0 aliphatic rings. The molecular weight excluding hydrogens is 785 g/mol. The highest BCUT2D eigenvalue weighted by Crippen LogP contribution is 2.19.